The van der Waals surface area contributed by atoms with Crippen LogP contribution in [0.4, 0.5) is 0 Å². The van der Waals surface area contributed by atoms with Crippen LogP contribution in [0.15, 0.2) is 53.4 Å². The number of carbonyl (C=O) groups is 2. The average Bonchev–Trinajstić information content (AvgIpc) is 2.83. The SMILES string of the molecule is CCc1ccc(C(=O)NCCC(=O)NCc2ccccc2)cc1S(=O)(=O)N1CCOCC1. The minimum absolute atomic E-state index is 0.130. The van der Waals surface area contributed by atoms with E-state index in [-0.39, 0.29) is 29.3 Å². The zero-order valence-electron chi connectivity index (χ0n) is 18.2. The molecule has 0 radical (unpaired) electrons. The van der Waals surface area contributed by atoms with Crippen LogP contribution in [0.1, 0.15) is 34.8 Å². The molecule has 0 aliphatic carbocycles. The van der Waals surface area contributed by atoms with Crippen molar-refractivity contribution in [2.45, 2.75) is 31.2 Å². The van der Waals surface area contributed by atoms with Crippen molar-refractivity contribution in [2.24, 2.45) is 0 Å². The third kappa shape index (κ3) is 6.15. The largest absolute Gasteiger partial charge is 0.379 e. The second-order valence-corrected chi connectivity index (χ2v) is 9.37. The van der Waals surface area contributed by atoms with Crippen LogP contribution >= 0.6 is 0 Å². The number of amides is 2. The van der Waals surface area contributed by atoms with Gasteiger partial charge in [0, 0.05) is 38.2 Å². The van der Waals surface area contributed by atoms with Crippen molar-refractivity contribution >= 4 is 21.8 Å². The fraction of sp³-hybridized carbons (Fsp3) is 0.391. The number of hydrogen-bond donors (Lipinski definition) is 2. The molecule has 0 aromatic heterocycles. The Hall–Kier alpha value is -2.75. The van der Waals surface area contributed by atoms with Gasteiger partial charge in [-0.05, 0) is 29.7 Å². The molecule has 2 N–H and O–H groups in total. The van der Waals surface area contributed by atoms with Gasteiger partial charge in [0.2, 0.25) is 15.9 Å². The molecule has 9 heteroatoms. The number of nitrogens with one attached hydrogen (secondary N) is 2. The summed E-state index contributed by atoms with van der Waals surface area (Å²) in [6.45, 7) is 3.75. The molecule has 1 saturated heterocycles. The molecule has 0 bridgehead atoms. The number of morpholine rings is 1. The first-order valence-electron chi connectivity index (χ1n) is 10.7. The Morgan fingerprint density at radius 3 is 2.44 bits per heavy atom. The molecule has 0 atom stereocenters. The maximum atomic E-state index is 13.1. The predicted molar refractivity (Wildman–Crippen MR) is 121 cm³/mol. The highest BCUT2D eigenvalue weighted by atomic mass is 32.2. The highest BCUT2D eigenvalue weighted by Gasteiger charge is 2.29. The molecule has 1 heterocycles. The fourth-order valence-corrected chi connectivity index (χ4v) is 5.16. The van der Waals surface area contributed by atoms with Gasteiger partial charge in [-0.25, -0.2) is 8.42 Å². The van der Waals surface area contributed by atoms with Crippen molar-refractivity contribution in [3.05, 3.63) is 65.2 Å². The van der Waals surface area contributed by atoms with Gasteiger partial charge in [-0.1, -0.05) is 43.3 Å². The van der Waals surface area contributed by atoms with Gasteiger partial charge < -0.3 is 15.4 Å². The van der Waals surface area contributed by atoms with E-state index in [0.717, 1.165) is 5.56 Å². The molecule has 32 heavy (non-hydrogen) atoms. The maximum absolute atomic E-state index is 13.1. The third-order valence-electron chi connectivity index (χ3n) is 5.27. The number of carbonyl (C=O) groups excluding carboxylic acids is 2. The maximum Gasteiger partial charge on any atom is 0.251 e. The van der Waals surface area contributed by atoms with Crippen molar-refractivity contribution in [1.29, 1.82) is 0 Å². The van der Waals surface area contributed by atoms with E-state index in [9.17, 15) is 18.0 Å². The molecule has 0 saturated carbocycles. The molecular formula is C23H29N3O5S. The minimum Gasteiger partial charge on any atom is -0.379 e. The van der Waals surface area contributed by atoms with Crippen LogP contribution in [0.25, 0.3) is 0 Å². The van der Waals surface area contributed by atoms with Crippen LogP contribution in [0.3, 0.4) is 0 Å². The average molecular weight is 460 g/mol. The van der Waals surface area contributed by atoms with Crippen LogP contribution in [-0.2, 0) is 32.5 Å². The Balaban J connectivity index is 1.59. The van der Waals surface area contributed by atoms with E-state index in [1.165, 1.54) is 10.4 Å². The van der Waals surface area contributed by atoms with E-state index in [4.69, 9.17) is 4.74 Å². The lowest BCUT2D eigenvalue weighted by molar-refractivity contribution is -0.121. The van der Waals surface area contributed by atoms with E-state index in [0.29, 0.717) is 44.8 Å². The van der Waals surface area contributed by atoms with Gasteiger partial charge in [0.25, 0.3) is 5.91 Å². The Labute approximate surface area is 189 Å². The van der Waals surface area contributed by atoms with Gasteiger partial charge in [-0.3, -0.25) is 9.59 Å². The molecular weight excluding hydrogens is 430 g/mol. The Morgan fingerprint density at radius 2 is 1.75 bits per heavy atom. The molecule has 0 unspecified atom stereocenters. The van der Waals surface area contributed by atoms with Crippen molar-refractivity contribution < 1.29 is 22.7 Å². The first-order chi connectivity index (χ1) is 15.4. The summed E-state index contributed by atoms with van der Waals surface area (Å²) >= 11 is 0. The van der Waals surface area contributed by atoms with Crippen LogP contribution in [0.5, 0.6) is 0 Å². The fourth-order valence-electron chi connectivity index (χ4n) is 3.43. The third-order valence-corrected chi connectivity index (χ3v) is 7.25. The van der Waals surface area contributed by atoms with Crippen LogP contribution in [0.2, 0.25) is 0 Å². The molecule has 0 spiro atoms. The van der Waals surface area contributed by atoms with Crippen molar-refractivity contribution in [2.75, 3.05) is 32.8 Å². The molecule has 1 aliphatic rings. The number of aryl methyl sites for hydroxylation is 1. The number of rotatable bonds is 9. The molecule has 2 aromatic rings. The molecule has 2 aromatic carbocycles. The molecule has 8 nitrogen and oxygen atoms in total. The van der Waals surface area contributed by atoms with Crippen molar-refractivity contribution in [3.63, 3.8) is 0 Å². The molecule has 2 amide bonds. The number of hydrogen-bond acceptors (Lipinski definition) is 5. The first kappa shape index (κ1) is 23.9. The van der Waals surface area contributed by atoms with Gasteiger partial charge in [0.15, 0.2) is 0 Å². The van der Waals surface area contributed by atoms with Gasteiger partial charge in [0.1, 0.15) is 0 Å². The molecule has 172 valence electrons. The zero-order valence-corrected chi connectivity index (χ0v) is 19.0. The van der Waals surface area contributed by atoms with Gasteiger partial charge in [-0.2, -0.15) is 4.31 Å². The summed E-state index contributed by atoms with van der Waals surface area (Å²) < 4.78 is 32.9. The zero-order chi connectivity index (χ0) is 23.0. The molecule has 3 rings (SSSR count). The monoisotopic (exact) mass is 459 g/mol. The Bertz CT molecular complexity index is 1030. The van der Waals surface area contributed by atoms with Crippen LogP contribution < -0.4 is 10.6 Å². The highest BCUT2D eigenvalue weighted by molar-refractivity contribution is 7.89. The summed E-state index contributed by atoms with van der Waals surface area (Å²) in [6.07, 6.45) is 0.660. The smallest absolute Gasteiger partial charge is 0.251 e. The lowest BCUT2D eigenvalue weighted by atomic mass is 10.1. The minimum atomic E-state index is -3.72. The second-order valence-electron chi connectivity index (χ2n) is 7.46. The second kappa shape index (κ2) is 11.2. The van der Waals surface area contributed by atoms with E-state index >= 15 is 0 Å². The van der Waals surface area contributed by atoms with Crippen molar-refractivity contribution in [1.82, 2.24) is 14.9 Å². The van der Waals surface area contributed by atoms with Gasteiger partial charge >= 0.3 is 0 Å². The Morgan fingerprint density at radius 1 is 1.03 bits per heavy atom. The first-order valence-corrected chi connectivity index (χ1v) is 12.2. The molecule has 1 aliphatic heterocycles. The number of sulfonamides is 1. The number of benzene rings is 2. The summed E-state index contributed by atoms with van der Waals surface area (Å²) in [5, 5.41) is 5.50. The summed E-state index contributed by atoms with van der Waals surface area (Å²) in [5.41, 5.74) is 1.90. The highest BCUT2D eigenvalue weighted by Crippen LogP contribution is 2.23. The summed E-state index contributed by atoms with van der Waals surface area (Å²) in [6, 6.07) is 14.3. The molecule has 1 fully saturated rings. The van der Waals surface area contributed by atoms with E-state index in [2.05, 4.69) is 10.6 Å². The van der Waals surface area contributed by atoms with Crippen LogP contribution in [-0.4, -0.2) is 57.4 Å². The topological polar surface area (TPSA) is 105 Å². The van der Waals surface area contributed by atoms with Crippen LogP contribution in [0, 0.1) is 0 Å². The predicted octanol–water partition coefficient (Wildman–Crippen LogP) is 1.71. The lowest BCUT2D eigenvalue weighted by Gasteiger charge is -2.27. The summed E-state index contributed by atoms with van der Waals surface area (Å²) in [7, 11) is -3.72. The summed E-state index contributed by atoms with van der Waals surface area (Å²) in [4.78, 5) is 24.8. The standard InChI is InChI=1S/C23H29N3O5S/c1-2-19-8-9-20(16-21(19)32(29,30)26-12-14-31-15-13-26)23(28)24-11-10-22(27)25-17-18-6-4-3-5-7-18/h3-9,16H,2,10-15,17H2,1H3,(H,24,28)(H,25,27). The number of ether oxygens (including phenoxy) is 1. The Kier molecular flexibility index (Phi) is 8.38. The van der Waals surface area contributed by atoms with Gasteiger partial charge in [-0.15, -0.1) is 0 Å². The van der Waals surface area contributed by atoms with E-state index < -0.39 is 15.9 Å². The van der Waals surface area contributed by atoms with E-state index in [1.54, 1.807) is 12.1 Å². The normalized spacial score (nSPS) is 14.7. The van der Waals surface area contributed by atoms with Crippen molar-refractivity contribution in [3.8, 4) is 0 Å². The quantitative estimate of drug-likeness (QED) is 0.594. The summed E-state index contributed by atoms with van der Waals surface area (Å²) in [5.74, 6) is -0.590. The van der Waals surface area contributed by atoms with Gasteiger partial charge in [0.05, 0.1) is 18.1 Å². The number of nitrogens with zero attached hydrogens (tertiary/aromatic N) is 1. The lowest BCUT2D eigenvalue weighted by Crippen LogP contribution is -2.41. The van der Waals surface area contributed by atoms with E-state index in [1.807, 2.05) is 37.3 Å².